The molecule has 1 atom stereocenters. The molecule has 0 bridgehead atoms. The highest BCUT2D eigenvalue weighted by molar-refractivity contribution is 5.93. The number of carbonyl (C=O) groups excluding carboxylic acids is 1. The van der Waals surface area contributed by atoms with Crippen molar-refractivity contribution >= 4 is 16.8 Å². The molecule has 7 N–H and O–H groups in total. The van der Waals surface area contributed by atoms with E-state index < -0.39 is 6.10 Å². The number of nitrogens with two attached hydrogens (primary N) is 2. The van der Waals surface area contributed by atoms with Crippen molar-refractivity contribution in [2.75, 3.05) is 13.2 Å². The molecule has 1 amide bonds. The number of aromatic nitrogens is 1. The minimum Gasteiger partial charge on any atom is -0.490 e. The molecule has 0 aliphatic heterocycles. The highest BCUT2D eigenvalue weighted by Gasteiger charge is 2.18. The lowest BCUT2D eigenvalue weighted by Crippen LogP contribution is -2.96. The average Bonchev–Trinajstić information content (AvgIpc) is 2.93. The molecule has 0 unspecified atom stereocenters. The first-order chi connectivity index (χ1) is 11.3. The molecular weight excluding hydrogens is 308 g/mol. The van der Waals surface area contributed by atoms with Gasteiger partial charge >= 0.3 is 0 Å². The van der Waals surface area contributed by atoms with Gasteiger partial charge < -0.3 is 20.1 Å². The summed E-state index contributed by atoms with van der Waals surface area (Å²) in [4.78, 5) is 14.7. The van der Waals surface area contributed by atoms with Crippen molar-refractivity contribution < 1.29 is 20.0 Å². The van der Waals surface area contributed by atoms with Gasteiger partial charge in [-0.1, -0.05) is 6.07 Å². The van der Waals surface area contributed by atoms with Gasteiger partial charge in [-0.05, 0) is 38.5 Å². The molecule has 24 heavy (non-hydrogen) atoms. The van der Waals surface area contributed by atoms with E-state index in [2.05, 4.69) is 36.5 Å². The Labute approximate surface area is 141 Å². The standard InChI is InChI=1S/C17H26N4O3/c1-17(2,3)20-9-12(22)10-24-14-6-4-5-13-16(14)11(8-19-13)7-15(23)21-18/h4-6,8,12,19-20,22H,7,9-10,18H2,1-3H3,(H,21,23)/p+1/t12-/m1/s1. The molecular formula is C17H27N4O3+. The van der Waals surface area contributed by atoms with Gasteiger partial charge in [-0.15, -0.1) is 0 Å². The van der Waals surface area contributed by atoms with Crippen molar-refractivity contribution in [3.05, 3.63) is 30.0 Å². The highest BCUT2D eigenvalue weighted by atomic mass is 16.5. The van der Waals surface area contributed by atoms with E-state index >= 15 is 0 Å². The van der Waals surface area contributed by atoms with Gasteiger partial charge in [0.1, 0.15) is 25.0 Å². The third kappa shape index (κ3) is 4.95. The Morgan fingerprint density at radius 3 is 2.88 bits per heavy atom. The Morgan fingerprint density at radius 1 is 1.46 bits per heavy atom. The fourth-order valence-electron chi connectivity index (χ4n) is 2.45. The van der Waals surface area contributed by atoms with E-state index in [-0.39, 0.29) is 24.5 Å². The lowest BCUT2D eigenvalue weighted by atomic mass is 10.1. The molecule has 0 saturated carbocycles. The van der Waals surface area contributed by atoms with Gasteiger partial charge in [-0.25, -0.2) is 5.84 Å². The van der Waals surface area contributed by atoms with Crippen LogP contribution in [-0.4, -0.2) is 40.8 Å². The summed E-state index contributed by atoms with van der Waals surface area (Å²) in [7, 11) is 0. The first kappa shape index (κ1) is 18.3. The molecule has 0 aliphatic carbocycles. The number of hydrogen-bond donors (Lipinski definition) is 5. The number of H-pyrrole nitrogens is 1. The summed E-state index contributed by atoms with van der Waals surface area (Å²) < 4.78 is 5.81. The predicted octanol–water partition coefficient (Wildman–Crippen LogP) is -0.198. The van der Waals surface area contributed by atoms with Gasteiger partial charge in [0.15, 0.2) is 0 Å². The van der Waals surface area contributed by atoms with Gasteiger partial charge in [-0.2, -0.15) is 0 Å². The van der Waals surface area contributed by atoms with E-state index in [0.717, 1.165) is 16.5 Å². The van der Waals surface area contributed by atoms with Gasteiger partial charge in [0.05, 0.1) is 12.0 Å². The molecule has 0 aliphatic rings. The van der Waals surface area contributed by atoms with E-state index in [1.54, 1.807) is 6.20 Å². The molecule has 0 saturated heterocycles. The zero-order valence-electron chi connectivity index (χ0n) is 14.4. The topological polar surface area (TPSA) is 117 Å². The molecule has 0 radical (unpaired) electrons. The molecule has 1 aromatic carbocycles. The quantitative estimate of drug-likeness (QED) is 0.274. The molecule has 132 valence electrons. The van der Waals surface area contributed by atoms with Crippen LogP contribution in [0.5, 0.6) is 5.75 Å². The zero-order chi connectivity index (χ0) is 17.7. The number of nitrogens with one attached hydrogen (secondary N) is 2. The Bertz CT molecular complexity index is 691. The molecule has 1 heterocycles. The van der Waals surface area contributed by atoms with Crippen LogP contribution in [0, 0.1) is 0 Å². The van der Waals surface area contributed by atoms with Crippen molar-refractivity contribution in [2.24, 2.45) is 5.84 Å². The molecule has 1 aromatic heterocycles. The van der Waals surface area contributed by atoms with Crippen LogP contribution in [0.15, 0.2) is 24.4 Å². The molecule has 2 aromatic rings. The second kappa shape index (κ2) is 7.65. The predicted molar refractivity (Wildman–Crippen MR) is 92.4 cm³/mol. The third-order valence-corrected chi connectivity index (χ3v) is 3.69. The second-order valence-corrected chi connectivity index (χ2v) is 7.01. The van der Waals surface area contributed by atoms with Crippen LogP contribution in [0.2, 0.25) is 0 Å². The number of hydrogen-bond acceptors (Lipinski definition) is 4. The fourth-order valence-corrected chi connectivity index (χ4v) is 2.45. The lowest BCUT2D eigenvalue weighted by molar-refractivity contribution is -0.722. The number of aliphatic hydroxyl groups excluding tert-OH is 1. The number of amides is 1. The van der Waals surface area contributed by atoms with Gasteiger partial charge in [0.2, 0.25) is 5.91 Å². The number of aromatic amines is 1. The van der Waals surface area contributed by atoms with Crippen LogP contribution in [0.25, 0.3) is 10.9 Å². The Balaban J connectivity index is 2.08. The van der Waals surface area contributed by atoms with E-state index in [1.165, 1.54) is 0 Å². The van der Waals surface area contributed by atoms with Gasteiger partial charge in [-0.3, -0.25) is 10.2 Å². The average molecular weight is 335 g/mol. The number of aliphatic hydroxyl groups is 1. The molecule has 0 spiro atoms. The number of carbonyl (C=O) groups is 1. The molecule has 2 rings (SSSR count). The number of benzene rings is 1. The van der Waals surface area contributed by atoms with Crippen LogP contribution in [-0.2, 0) is 11.2 Å². The number of ether oxygens (including phenoxy) is 1. The van der Waals surface area contributed by atoms with Crippen LogP contribution < -0.4 is 21.3 Å². The van der Waals surface area contributed by atoms with E-state index in [4.69, 9.17) is 10.6 Å². The summed E-state index contributed by atoms with van der Waals surface area (Å²) in [5.74, 6) is 5.53. The Kier molecular flexibility index (Phi) is 5.82. The molecule has 0 fully saturated rings. The third-order valence-electron chi connectivity index (χ3n) is 3.69. The maximum atomic E-state index is 11.5. The Morgan fingerprint density at radius 2 is 2.21 bits per heavy atom. The lowest BCUT2D eigenvalue weighted by Gasteiger charge is -2.19. The van der Waals surface area contributed by atoms with E-state index in [9.17, 15) is 9.90 Å². The second-order valence-electron chi connectivity index (χ2n) is 7.01. The van der Waals surface area contributed by atoms with Gasteiger partial charge in [0.25, 0.3) is 0 Å². The van der Waals surface area contributed by atoms with Gasteiger partial charge in [0, 0.05) is 17.1 Å². The van der Waals surface area contributed by atoms with Crippen LogP contribution in [0.3, 0.4) is 0 Å². The van der Waals surface area contributed by atoms with Crippen molar-refractivity contribution in [2.45, 2.75) is 38.8 Å². The molecule has 7 nitrogen and oxygen atoms in total. The minimum absolute atomic E-state index is 0.0599. The van der Waals surface area contributed by atoms with Crippen LogP contribution >= 0.6 is 0 Å². The molecule has 7 heteroatoms. The minimum atomic E-state index is -0.575. The fraction of sp³-hybridized carbons (Fsp3) is 0.471. The normalized spacial score (nSPS) is 13.0. The number of hydrazine groups is 1. The summed E-state index contributed by atoms with van der Waals surface area (Å²) >= 11 is 0. The van der Waals surface area contributed by atoms with Crippen LogP contribution in [0.1, 0.15) is 26.3 Å². The Hall–Kier alpha value is -2.09. The first-order valence-corrected chi connectivity index (χ1v) is 8.04. The summed E-state index contributed by atoms with van der Waals surface area (Å²) in [5, 5.41) is 13.0. The highest BCUT2D eigenvalue weighted by Crippen LogP contribution is 2.29. The summed E-state index contributed by atoms with van der Waals surface area (Å²) in [6.07, 6.45) is 1.36. The first-order valence-electron chi connectivity index (χ1n) is 8.04. The van der Waals surface area contributed by atoms with Crippen molar-refractivity contribution in [3.8, 4) is 5.75 Å². The number of fused-ring (bicyclic) bond motifs is 1. The number of rotatable bonds is 7. The van der Waals surface area contributed by atoms with E-state index in [0.29, 0.717) is 12.3 Å². The maximum absolute atomic E-state index is 11.5. The summed E-state index contributed by atoms with van der Waals surface area (Å²) in [6.45, 7) is 7.04. The number of quaternary nitrogens is 1. The van der Waals surface area contributed by atoms with E-state index in [1.807, 2.05) is 18.2 Å². The van der Waals surface area contributed by atoms with Crippen LogP contribution in [0.4, 0.5) is 0 Å². The monoisotopic (exact) mass is 335 g/mol. The summed E-state index contributed by atoms with van der Waals surface area (Å²) in [6, 6.07) is 5.62. The van der Waals surface area contributed by atoms with Crippen molar-refractivity contribution in [1.82, 2.24) is 10.4 Å². The van der Waals surface area contributed by atoms with Crippen molar-refractivity contribution in [1.29, 1.82) is 0 Å². The van der Waals surface area contributed by atoms with Crippen molar-refractivity contribution in [3.63, 3.8) is 0 Å². The SMILES string of the molecule is CC(C)(C)[NH2+]C[C@@H](O)COc1cccc2[nH]cc(CC(=O)NN)c12. The summed E-state index contributed by atoms with van der Waals surface area (Å²) in [5.41, 5.74) is 3.87. The zero-order valence-corrected chi connectivity index (χ0v) is 14.4. The smallest absolute Gasteiger partial charge is 0.238 e. The largest absolute Gasteiger partial charge is 0.490 e. The maximum Gasteiger partial charge on any atom is 0.238 e.